The van der Waals surface area contributed by atoms with Gasteiger partial charge in [0, 0.05) is 42.7 Å². The molecule has 5 heteroatoms. The minimum Gasteiger partial charge on any atom is -0.301 e. The summed E-state index contributed by atoms with van der Waals surface area (Å²) < 4.78 is 1.95. The van der Waals surface area contributed by atoms with Crippen LogP contribution in [-0.2, 0) is 6.42 Å². The molecule has 0 aliphatic heterocycles. The first-order valence-electron chi connectivity index (χ1n) is 8.24. The minimum atomic E-state index is 0.880. The second-order valence-electron chi connectivity index (χ2n) is 5.82. The molecule has 4 nitrogen and oxygen atoms in total. The third-order valence-electron chi connectivity index (χ3n) is 3.66. The third-order valence-corrected chi connectivity index (χ3v) is 4.74. The maximum Gasteiger partial charge on any atom is 0.166 e. The number of hydrogen-bond donors (Lipinski definition) is 0. The van der Waals surface area contributed by atoms with Crippen LogP contribution >= 0.6 is 11.8 Å². The molecule has 0 N–H and O–H groups in total. The highest BCUT2D eigenvalue weighted by Gasteiger charge is 2.12. The quantitative estimate of drug-likeness (QED) is 0.292. The van der Waals surface area contributed by atoms with Gasteiger partial charge in [0.2, 0.25) is 0 Å². The molecule has 0 aliphatic rings. The number of aromatic nitrogens is 2. The summed E-state index contributed by atoms with van der Waals surface area (Å²) >= 11 is 1.86. The highest BCUT2D eigenvalue weighted by molar-refractivity contribution is 7.99. The molecule has 0 bridgehead atoms. The van der Waals surface area contributed by atoms with Gasteiger partial charge in [-0.1, -0.05) is 48.5 Å². The lowest BCUT2D eigenvalue weighted by Crippen LogP contribution is -2.18. The lowest BCUT2D eigenvalue weighted by Gasteiger charge is -2.15. The van der Waals surface area contributed by atoms with Crippen molar-refractivity contribution in [2.45, 2.75) is 11.3 Å². The van der Waals surface area contributed by atoms with Gasteiger partial charge in [-0.25, -0.2) is 4.98 Å². The first-order valence-corrected chi connectivity index (χ1v) is 9.23. The number of hydrazone groups is 1. The molecule has 0 fully saturated rings. The summed E-state index contributed by atoms with van der Waals surface area (Å²) in [5.74, 6) is 1.91. The van der Waals surface area contributed by atoms with Crippen LogP contribution < -0.4 is 0 Å². The van der Waals surface area contributed by atoms with Crippen LogP contribution in [0.15, 0.2) is 83.3 Å². The van der Waals surface area contributed by atoms with E-state index >= 15 is 0 Å². The molecule has 0 saturated carbocycles. The maximum absolute atomic E-state index is 4.68. The molecule has 25 heavy (non-hydrogen) atoms. The van der Waals surface area contributed by atoms with Crippen molar-refractivity contribution in [3.05, 3.63) is 84.4 Å². The topological polar surface area (TPSA) is 33.4 Å². The highest BCUT2D eigenvalue weighted by atomic mass is 32.2. The third kappa shape index (κ3) is 4.73. The van der Waals surface area contributed by atoms with Crippen LogP contribution in [0.25, 0.3) is 0 Å². The van der Waals surface area contributed by atoms with E-state index in [1.807, 2.05) is 41.6 Å². The Labute approximate surface area is 153 Å². The van der Waals surface area contributed by atoms with Crippen LogP contribution in [0.1, 0.15) is 11.1 Å². The van der Waals surface area contributed by atoms with E-state index in [2.05, 4.69) is 64.7 Å². The molecule has 0 spiro atoms. The molecule has 1 aromatic heterocycles. The van der Waals surface area contributed by atoms with Crippen molar-refractivity contribution in [3.63, 3.8) is 0 Å². The molecule has 1 heterocycles. The lowest BCUT2D eigenvalue weighted by atomic mass is 10.2. The number of hydrogen-bond acceptors (Lipinski definition) is 4. The van der Waals surface area contributed by atoms with Crippen LogP contribution in [0.5, 0.6) is 0 Å². The zero-order valence-corrected chi connectivity index (χ0v) is 15.4. The number of aryl methyl sites for hydroxylation is 1. The van der Waals surface area contributed by atoms with E-state index in [1.165, 1.54) is 10.5 Å². The Kier molecular flexibility index (Phi) is 5.90. The molecular formula is C20H22N4S. The fourth-order valence-electron chi connectivity index (χ4n) is 2.52. The van der Waals surface area contributed by atoms with Crippen molar-refractivity contribution in [3.8, 4) is 0 Å². The van der Waals surface area contributed by atoms with Gasteiger partial charge < -0.3 is 5.01 Å². The number of nitrogens with zero attached hydrogens (tertiary/aromatic N) is 4. The summed E-state index contributed by atoms with van der Waals surface area (Å²) in [4.78, 5) is 5.39. The summed E-state index contributed by atoms with van der Waals surface area (Å²) in [7, 11) is 3.87. The SMILES string of the molecule is CN(C)/N=C(/c1ccccc1SCCc1ccccc1)n1ccnc1. The normalized spacial score (nSPS) is 11.5. The first-order chi connectivity index (χ1) is 12.2. The van der Waals surface area contributed by atoms with Gasteiger partial charge in [0.05, 0.1) is 0 Å². The van der Waals surface area contributed by atoms with Gasteiger partial charge >= 0.3 is 0 Å². The molecule has 0 unspecified atom stereocenters. The second-order valence-corrected chi connectivity index (χ2v) is 6.96. The van der Waals surface area contributed by atoms with Gasteiger partial charge in [0.15, 0.2) is 5.84 Å². The van der Waals surface area contributed by atoms with E-state index in [4.69, 9.17) is 0 Å². The van der Waals surface area contributed by atoms with Crippen molar-refractivity contribution in [2.75, 3.05) is 19.8 Å². The van der Waals surface area contributed by atoms with Crippen molar-refractivity contribution in [2.24, 2.45) is 5.10 Å². The van der Waals surface area contributed by atoms with Gasteiger partial charge in [-0.05, 0) is 18.1 Å². The number of thioether (sulfide) groups is 1. The van der Waals surface area contributed by atoms with Crippen LogP contribution in [0.4, 0.5) is 0 Å². The largest absolute Gasteiger partial charge is 0.301 e. The Bertz CT molecular complexity index is 811. The lowest BCUT2D eigenvalue weighted by molar-refractivity contribution is 0.435. The molecule has 0 radical (unpaired) electrons. The van der Waals surface area contributed by atoms with E-state index in [0.29, 0.717) is 0 Å². The Morgan fingerprint density at radius 2 is 1.84 bits per heavy atom. The van der Waals surface area contributed by atoms with Gasteiger partial charge in [0.1, 0.15) is 6.33 Å². The van der Waals surface area contributed by atoms with E-state index in [-0.39, 0.29) is 0 Å². The predicted molar refractivity (Wildman–Crippen MR) is 105 cm³/mol. The van der Waals surface area contributed by atoms with Crippen LogP contribution in [0.3, 0.4) is 0 Å². The summed E-state index contributed by atoms with van der Waals surface area (Å²) in [6, 6.07) is 19.0. The standard InChI is InChI=1S/C20H22N4S/c1-23(2)22-20(24-14-13-21-16-24)18-10-6-7-11-19(18)25-15-12-17-8-4-3-5-9-17/h3-11,13-14,16H,12,15H2,1-2H3/b22-20-. The van der Waals surface area contributed by atoms with Gasteiger partial charge in [0.25, 0.3) is 0 Å². The molecule has 2 aromatic carbocycles. The van der Waals surface area contributed by atoms with Crippen molar-refractivity contribution in [1.29, 1.82) is 0 Å². The van der Waals surface area contributed by atoms with Crippen molar-refractivity contribution in [1.82, 2.24) is 14.6 Å². The minimum absolute atomic E-state index is 0.880. The van der Waals surface area contributed by atoms with E-state index in [9.17, 15) is 0 Å². The van der Waals surface area contributed by atoms with E-state index < -0.39 is 0 Å². The molecule has 128 valence electrons. The zero-order valence-electron chi connectivity index (χ0n) is 14.5. The van der Waals surface area contributed by atoms with Gasteiger partial charge in [-0.15, -0.1) is 11.8 Å². The monoisotopic (exact) mass is 350 g/mol. The summed E-state index contributed by atoms with van der Waals surface area (Å²) in [6.07, 6.45) is 6.53. The highest BCUT2D eigenvalue weighted by Crippen LogP contribution is 2.25. The Balaban J connectivity index is 1.82. The number of rotatable bonds is 6. The molecule has 0 amide bonds. The zero-order chi connectivity index (χ0) is 17.5. The molecule has 0 aliphatic carbocycles. The predicted octanol–water partition coefficient (Wildman–Crippen LogP) is 3.99. The summed E-state index contributed by atoms with van der Waals surface area (Å²) in [5.41, 5.74) is 2.48. The Hall–Kier alpha value is -2.53. The number of imidazole rings is 1. The van der Waals surface area contributed by atoms with Crippen LogP contribution in [0, 0.1) is 0 Å². The average molecular weight is 350 g/mol. The Morgan fingerprint density at radius 3 is 2.56 bits per heavy atom. The number of benzene rings is 2. The molecule has 3 aromatic rings. The second kappa shape index (κ2) is 8.53. The average Bonchev–Trinajstić information content (AvgIpc) is 3.15. The first kappa shape index (κ1) is 17.3. The van der Waals surface area contributed by atoms with Crippen molar-refractivity contribution >= 4 is 17.6 Å². The van der Waals surface area contributed by atoms with Crippen molar-refractivity contribution < 1.29 is 0 Å². The van der Waals surface area contributed by atoms with E-state index in [0.717, 1.165) is 23.6 Å². The Morgan fingerprint density at radius 1 is 1.08 bits per heavy atom. The van der Waals surface area contributed by atoms with Gasteiger partial charge in [-0.2, -0.15) is 5.10 Å². The smallest absolute Gasteiger partial charge is 0.166 e. The van der Waals surface area contributed by atoms with E-state index in [1.54, 1.807) is 12.5 Å². The summed E-state index contributed by atoms with van der Waals surface area (Å²) in [6.45, 7) is 0. The maximum atomic E-state index is 4.68. The van der Waals surface area contributed by atoms with Crippen LogP contribution in [-0.4, -0.2) is 40.2 Å². The van der Waals surface area contributed by atoms with Gasteiger partial charge in [-0.3, -0.25) is 4.57 Å². The summed E-state index contributed by atoms with van der Waals surface area (Å²) in [5, 5.41) is 6.50. The fourth-order valence-corrected chi connectivity index (χ4v) is 3.57. The molecule has 0 saturated heterocycles. The molecule has 3 rings (SSSR count). The van der Waals surface area contributed by atoms with Crippen LogP contribution in [0.2, 0.25) is 0 Å². The molecule has 0 atom stereocenters. The fraction of sp³-hybridized carbons (Fsp3) is 0.200. The molecular weight excluding hydrogens is 328 g/mol.